The summed E-state index contributed by atoms with van der Waals surface area (Å²) in [5.41, 5.74) is 0. The molecule has 1 atom stereocenters. The highest BCUT2D eigenvalue weighted by Crippen LogP contribution is 2.07. The zero-order chi connectivity index (χ0) is 11.1. The monoisotopic (exact) mass is 265 g/mol. The number of rotatable bonds is 6. The summed E-state index contributed by atoms with van der Waals surface area (Å²) in [6.07, 6.45) is 1.04. The molecule has 1 unspecified atom stereocenters. The number of carbonyl (C=O) groups excluding carboxylic acids is 1. The second-order valence-electron chi connectivity index (χ2n) is 3.56. The molecule has 0 aliphatic carbocycles. The second-order valence-corrected chi connectivity index (χ2v) is 4.66. The van der Waals surface area contributed by atoms with Gasteiger partial charge in [0.15, 0.2) is 0 Å². The fraction of sp³-hybridized carbons (Fsp3) is 0.900. The van der Waals surface area contributed by atoms with Gasteiger partial charge in [-0.1, -0.05) is 22.9 Å². The molecule has 0 aliphatic rings. The lowest BCUT2D eigenvalue weighted by Gasteiger charge is -2.20. The van der Waals surface area contributed by atoms with Crippen LogP contribution < -0.4 is 0 Å². The first kappa shape index (κ1) is 13.9. The third-order valence-electron chi connectivity index (χ3n) is 1.88. The van der Waals surface area contributed by atoms with Crippen LogP contribution in [-0.4, -0.2) is 41.9 Å². The highest BCUT2D eigenvalue weighted by molar-refractivity contribution is 9.10. The molecule has 0 aromatic heterocycles. The third kappa shape index (κ3) is 5.60. The number of ether oxygens (including phenoxy) is 1. The lowest BCUT2D eigenvalue weighted by Crippen LogP contribution is -2.35. The van der Waals surface area contributed by atoms with Crippen LogP contribution in [0.3, 0.4) is 0 Å². The van der Waals surface area contributed by atoms with Crippen molar-refractivity contribution in [3.8, 4) is 0 Å². The van der Waals surface area contributed by atoms with Gasteiger partial charge >= 0.3 is 0 Å². The van der Waals surface area contributed by atoms with E-state index in [1.54, 1.807) is 11.9 Å². The highest BCUT2D eigenvalue weighted by atomic mass is 79.9. The first-order chi connectivity index (χ1) is 6.49. The van der Waals surface area contributed by atoms with E-state index in [0.717, 1.165) is 6.42 Å². The van der Waals surface area contributed by atoms with Crippen molar-refractivity contribution in [2.45, 2.75) is 38.1 Å². The molecular weight excluding hydrogens is 246 g/mol. The number of halogens is 1. The van der Waals surface area contributed by atoms with Crippen molar-refractivity contribution in [3.05, 3.63) is 0 Å². The van der Waals surface area contributed by atoms with Crippen molar-refractivity contribution in [2.75, 3.05) is 20.2 Å². The van der Waals surface area contributed by atoms with Crippen molar-refractivity contribution in [2.24, 2.45) is 0 Å². The van der Waals surface area contributed by atoms with Crippen molar-refractivity contribution in [1.29, 1.82) is 0 Å². The summed E-state index contributed by atoms with van der Waals surface area (Å²) < 4.78 is 5.37. The maximum Gasteiger partial charge on any atom is 0.236 e. The normalized spacial score (nSPS) is 13.0. The molecule has 0 saturated carbocycles. The third-order valence-corrected chi connectivity index (χ3v) is 2.92. The van der Waals surface area contributed by atoms with Crippen LogP contribution in [0.15, 0.2) is 0 Å². The first-order valence-corrected chi connectivity index (χ1v) is 5.91. The Morgan fingerprint density at radius 1 is 1.50 bits per heavy atom. The summed E-state index contributed by atoms with van der Waals surface area (Å²) in [5.74, 6) is 0.125. The van der Waals surface area contributed by atoms with Gasteiger partial charge in [0, 0.05) is 13.6 Å². The van der Waals surface area contributed by atoms with Crippen molar-refractivity contribution in [3.63, 3.8) is 0 Å². The van der Waals surface area contributed by atoms with E-state index in [1.807, 2.05) is 20.8 Å². The van der Waals surface area contributed by atoms with Crippen LogP contribution in [0.5, 0.6) is 0 Å². The van der Waals surface area contributed by atoms with Gasteiger partial charge < -0.3 is 9.64 Å². The van der Waals surface area contributed by atoms with Crippen LogP contribution in [0.2, 0.25) is 0 Å². The molecule has 0 heterocycles. The maximum absolute atomic E-state index is 11.6. The van der Waals surface area contributed by atoms with E-state index in [9.17, 15) is 4.79 Å². The predicted molar refractivity (Wildman–Crippen MR) is 61.7 cm³/mol. The van der Waals surface area contributed by atoms with Crippen LogP contribution >= 0.6 is 15.9 Å². The second kappa shape index (κ2) is 7.23. The molecule has 0 rings (SSSR count). The van der Waals surface area contributed by atoms with Crippen LogP contribution in [0.25, 0.3) is 0 Å². The Morgan fingerprint density at radius 3 is 2.50 bits per heavy atom. The summed E-state index contributed by atoms with van der Waals surface area (Å²) in [6.45, 7) is 7.21. The fourth-order valence-corrected chi connectivity index (χ4v) is 1.30. The number of alkyl halides is 1. The zero-order valence-corrected chi connectivity index (χ0v) is 11.0. The van der Waals surface area contributed by atoms with Gasteiger partial charge in [0.2, 0.25) is 5.91 Å². The van der Waals surface area contributed by atoms with Crippen LogP contribution in [-0.2, 0) is 9.53 Å². The average Bonchev–Trinajstić information content (AvgIpc) is 2.14. The van der Waals surface area contributed by atoms with E-state index in [0.29, 0.717) is 13.2 Å². The average molecular weight is 266 g/mol. The summed E-state index contributed by atoms with van der Waals surface area (Å²) in [6, 6.07) is 0. The van der Waals surface area contributed by atoms with E-state index in [4.69, 9.17) is 4.74 Å². The van der Waals surface area contributed by atoms with Gasteiger partial charge in [-0.25, -0.2) is 0 Å². The Bertz CT molecular complexity index is 174. The quantitative estimate of drug-likeness (QED) is 0.688. The molecular formula is C10H20BrNO2. The van der Waals surface area contributed by atoms with Crippen molar-refractivity contribution >= 4 is 21.8 Å². The minimum absolute atomic E-state index is 0.0634. The van der Waals surface area contributed by atoms with E-state index in [1.165, 1.54) is 0 Å². The highest BCUT2D eigenvalue weighted by Gasteiger charge is 2.16. The Hall–Kier alpha value is -0.0900. The Balaban J connectivity index is 3.73. The molecule has 4 heteroatoms. The lowest BCUT2D eigenvalue weighted by atomic mass is 10.3. The fourth-order valence-electron chi connectivity index (χ4n) is 0.949. The first-order valence-electron chi connectivity index (χ1n) is 4.99. The van der Waals surface area contributed by atoms with Crippen LogP contribution in [0.4, 0.5) is 0 Å². The van der Waals surface area contributed by atoms with Crippen molar-refractivity contribution < 1.29 is 9.53 Å². The summed E-state index contributed by atoms with van der Waals surface area (Å²) in [4.78, 5) is 13.2. The minimum Gasteiger partial charge on any atom is -0.377 e. The molecule has 0 saturated heterocycles. The predicted octanol–water partition coefficient (Wildman–Crippen LogP) is 2.04. The number of likely N-dealkylation sites (N-methyl/N-ethyl adjacent to an activating group) is 1. The molecule has 3 nitrogen and oxygen atoms in total. The van der Waals surface area contributed by atoms with Crippen molar-refractivity contribution in [1.82, 2.24) is 4.90 Å². The molecule has 0 aromatic carbocycles. The van der Waals surface area contributed by atoms with Crippen LogP contribution in [0.1, 0.15) is 27.2 Å². The number of nitrogens with zero attached hydrogens (tertiary/aromatic N) is 1. The van der Waals surface area contributed by atoms with Gasteiger partial charge in [-0.15, -0.1) is 0 Å². The van der Waals surface area contributed by atoms with E-state index in [-0.39, 0.29) is 16.8 Å². The van der Waals surface area contributed by atoms with E-state index in [2.05, 4.69) is 15.9 Å². The lowest BCUT2D eigenvalue weighted by molar-refractivity contribution is -0.130. The van der Waals surface area contributed by atoms with Gasteiger partial charge in [0.05, 0.1) is 17.5 Å². The maximum atomic E-state index is 11.6. The van der Waals surface area contributed by atoms with Gasteiger partial charge in [-0.2, -0.15) is 0 Å². The number of hydrogen-bond acceptors (Lipinski definition) is 2. The summed E-state index contributed by atoms with van der Waals surface area (Å²) in [5, 5.41) is 0. The van der Waals surface area contributed by atoms with Gasteiger partial charge in [0.1, 0.15) is 0 Å². The Morgan fingerprint density at radius 2 is 2.07 bits per heavy atom. The minimum atomic E-state index is -0.0634. The zero-order valence-electron chi connectivity index (χ0n) is 9.42. The molecule has 84 valence electrons. The Kier molecular flexibility index (Phi) is 7.19. The van der Waals surface area contributed by atoms with Gasteiger partial charge in [0.25, 0.3) is 0 Å². The number of amides is 1. The van der Waals surface area contributed by atoms with Crippen LogP contribution in [0, 0.1) is 0 Å². The molecule has 0 fully saturated rings. The molecule has 1 amide bonds. The standard InChI is InChI=1S/C10H20BrNO2/c1-5-9(11)10(13)12(4)6-7-14-8(2)3/h8-9H,5-7H2,1-4H3. The molecule has 0 aliphatic heterocycles. The molecule has 0 N–H and O–H groups in total. The summed E-state index contributed by atoms with van der Waals surface area (Å²) in [7, 11) is 1.80. The Labute approximate surface area is 94.9 Å². The van der Waals surface area contributed by atoms with E-state index < -0.39 is 0 Å². The molecule has 0 aromatic rings. The number of carbonyl (C=O) groups is 1. The van der Waals surface area contributed by atoms with E-state index >= 15 is 0 Å². The molecule has 0 bridgehead atoms. The molecule has 14 heavy (non-hydrogen) atoms. The largest absolute Gasteiger partial charge is 0.377 e. The summed E-state index contributed by atoms with van der Waals surface area (Å²) >= 11 is 3.33. The smallest absolute Gasteiger partial charge is 0.236 e. The van der Waals surface area contributed by atoms with Gasteiger partial charge in [-0.05, 0) is 20.3 Å². The number of hydrogen-bond donors (Lipinski definition) is 0. The molecule has 0 radical (unpaired) electrons. The topological polar surface area (TPSA) is 29.5 Å². The van der Waals surface area contributed by atoms with Gasteiger partial charge in [-0.3, -0.25) is 4.79 Å². The SMILES string of the molecule is CCC(Br)C(=O)N(C)CCOC(C)C. The molecule has 0 spiro atoms.